The number of aromatic amines is 1. The molecular weight excluding hydrogens is 286 g/mol. The van der Waals surface area contributed by atoms with E-state index < -0.39 is 21.6 Å². The van der Waals surface area contributed by atoms with Crippen LogP contribution in [0.4, 0.5) is 5.82 Å². The molecule has 0 fully saturated rings. The van der Waals surface area contributed by atoms with Crippen LogP contribution in [0.15, 0.2) is 35.1 Å². The van der Waals surface area contributed by atoms with Crippen molar-refractivity contribution in [3.05, 3.63) is 46.2 Å². The smallest absolute Gasteiger partial charge is 0.335 e. The molecule has 8 nitrogen and oxygen atoms in total. The summed E-state index contributed by atoms with van der Waals surface area (Å²) in [5.41, 5.74) is 0.00335. The number of nitrogens with zero attached hydrogens (tertiary/aromatic N) is 1. The quantitative estimate of drug-likeness (QED) is 0.746. The van der Waals surface area contributed by atoms with Crippen molar-refractivity contribution in [1.82, 2.24) is 9.78 Å². The monoisotopic (exact) mass is 297 g/mol. The number of carboxylic acids is 1. The van der Waals surface area contributed by atoms with Gasteiger partial charge in [-0.05, 0) is 24.3 Å². The normalized spacial score (nSPS) is 11.2. The Bertz CT molecular complexity index is 801. The van der Waals surface area contributed by atoms with Crippen molar-refractivity contribution in [3.63, 3.8) is 0 Å². The van der Waals surface area contributed by atoms with Gasteiger partial charge in [-0.25, -0.2) is 17.9 Å². The van der Waals surface area contributed by atoms with Gasteiger partial charge in [0.2, 0.25) is 10.0 Å². The van der Waals surface area contributed by atoms with E-state index in [4.69, 9.17) is 5.11 Å². The van der Waals surface area contributed by atoms with Gasteiger partial charge in [0.25, 0.3) is 5.56 Å². The second-order valence-electron chi connectivity index (χ2n) is 4.07. The van der Waals surface area contributed by atoms with Crippen LogP contribution in [-0.4, -0.2) is 35.5 Å². The Morgan fingerprint density at radius 3 is 2.40 bits per heavy atom. The summed E-state index contributed by atoms with van der Waals surface area (Å²) < 4.78 is 25.4. The van der Waals surface area contributed by atoms with Crippen molar-refractivity contribution in [3.8, 4) is 5.69 Å². The second kappa shape index (κ2) is 4.85. The summed E-state index contributed by atoms with van der Waals surface area (Å²) in [6, 6.07) is 6.65. The van der Waals surface area contributed by atoms with Crippen LogP contribution in [0.1, 0.15) is 10.4 Å². The lowest BCUT2D eigenvalue weighted by Gasteiger charge is -2.03. The minimum Gasteiger partial charge on any atom is -0.478 e. The van der Waals surface area contributed by atoms with Crippen molar-refractivity contribution in [1.29, 1.82) is 0 Å². The lowest BCUT2D eigenvalue weighted by molar-refractivity contribution is 0.0697. The number of nitrogens with one attached hydrogen (secondary N) is 2. The Labute approximate surface area is 113 Å². The summed E-state index contributed by atoms with van der Waals surface area (Å²) in [6.45, 7) is 0. The molecule has 0 amide bonds. The van der Waals surface area contributed by atoms with Gasteiger partial charge in [0.15, 0.2) is 0 Å². The van der Waals surface area contributed by atoms with Crippen LogP contribution < -0.4 is 10.3 Å². The highest BCUT2D eigenvalue weighted by molar-refractivity contribution is 7.92. The third-order valence-electron chi connectivity index (χ3n) is 2.39. The largest absolute Gasteiger partial charge is 0.478 e. The van der Waals surface area contributed by atoms with Gasteiger partial charge in [0.1, 0.15) is 5.82 Å². The fourth-order valence-electron chi connectivity index (χ4n) is 1.59. The van der Waals surface area contributed by atoms with Crippen molar-refractivity contribution in [2.24, 2.45) is 0 Å². The van der Waals surface area contributed by atoms with Crippen LogP contribution in [0.25, 0.3) is 5.69 Å². The Morgan fingerprint density at radius 1 is 1.30 bits per heavy atom. The summed E-state index contributed by atoms with van der Waals surface area (Å²) in [4.78, 5) is 22.4. The minimum atomic E-state index is -3.49. The molecule has 0 bridgehead atoms. The summed E-state index contributed by atoms with van der Waals surface area (Å²) in [5.74, 6) is -1.05. The zero-order valence-electron chi connectivity index (χ0n) is 10.3. The maximum absolute atomic E-state index is 11.7. The molecule has 2 aromatic rings. The van der Waals surface area contributed by atoms with Gasteiger partial charge < -0.3 is 5.11 Å². The van der Waals surface area contributed by atoms with Crippen LogP contribution in [-0.2, 0) is 10.0 Å². The molecule has 0 radical (unpaired) electrons. The number of carboxylic acid groups (broad SMARTS) is 1. The summed E-state index contributed by atoms with van der Waals surface area (Å²) in [7, 11) is -3.49. The van der Waals surface area contributed by atoms with Crippen LogP contribution in [0, 0.1) is 0 Å². The van der Waals surface area contributed by atoms with Crippen molar-refractivity contribution >= 4 is 21.8 Å². The molecule has 0 aliphatic carbocycles. The van der Waals surface area contributed by atoms with E-state index in [-0.39, 0.29) is 11.4 Å². The Morgan fingerprint density at radius 2 is 1.90 bits per heavy atom. The number of aromatic carboxylic acids is 1. The van der Waals surface area contributed by atoms with Crippen LogP contribution in [0.3, 0.4) is 0 Å². The fraction of sp³-hybridized carbons (Fsp3) is 0.0909. The highest BCUT2D eigenvalue weighted by atomic mass is 32.2. The summed E-state index contributed by atoms with van der Waals surface area (Å²) in [6.07, 6.45) is 0.963. The van der Waals surface area contributed by atoms with E-state index in [0.29, 0.717) is 5.69 Å². The first kappa shape index (κ1) is 13.9. The maximum atomic E-state index is 11.7. The van der Waals surface area contributed by atoms with Crippen LogP contribution in [0.5, 0.6) is 0 Å². The number of H-pyrrole nitrogens is 1. The SMILES string of the molecule is CS(=O)(=O)Nc1cc(=O)n(-c2ccc(C(=O)O)cc2)[nH]1. The van der Waals surface area contributed by atoms with E-state index in [1.807, 2.05) is 0 Å². The number of rotatable bonds is 4. The number of hydrogen-bond donors (Lipinski definition) is 3. The third-order valence-corrected chi connectivity index (χ3v) is 2.98. The Hall–Kier alpha value is -2.55. The van der Waals surface area contributed by atoms with Crippen molar-refractivity contribution < 1.29 is 18.3 Å². The molecule has 0 atom stereocenters. The molecule has 0 aliphatic rings. The minimum absolute atomic E-state index is 0.0276. The highest BCUT2D eigenvalue weighted by Gasteiger charge is 2.09. The number of sulfonamides is 1. The van der Waals surface area contributed by atoms with Gasteiger partial charge in [-0.3, -0.25) is 14.6 Å². The molecule has 20 heavy (non-hydrogen) atoms. The highest BCUT2D eigenvalue weighted by Crippen LogP contribution is 2.09. The van der Waals surface area contributed by atoms with Crippen molar-refractivity contribution in [2.45, 2.75) is 0 Å². The van der Waals surface area contributed by atoms with Gasteiger partial charge in [-0.15, -0.1) is 0 Å². The molecule has 0 spiro atoms. The second-order valence-corrected chi connectivity index (χ2v) is 5.82. The molecule has 1 heterocycles. The first-order valence-electron chi connectivity index (χ1n) is 5.40. The average Bonchev–Trinajstić information content (AvgIpc) is 2.67. The lowest BCUT2D eigenvalue weighted by atomic mass is 10.2. The molecule has 0 saturated carbocycles. The fourth-order valence-corrected chi connectivity index (χ4v) is 2.10. The molecular formula is C11H11N3O5S. The predicted molar refractivity (Wildman–Crippen MR) is 71.8 cm³/mol. The van der Waals surface area contributed by atoms with Gasteiger partial charge in [0, 0.05) is 6.07 Å². The number of aromatic nitrogens is 2. The molecule has 106 valence electrons. The van der Waals surface area contributed by atoms with Crippen LogP contribution >= 0.6 is 0 Å². The standard InChI is InChI=1S/C11H11N3O5S/c1-20(18,19)13-9-6-10(15)14(12-9)8-4-2-7(3-5-8)11(16)17/h2-6,12-13H,1H3,(H,16,17). The molecule has 9 heteroatoms. The summed E-state index contributed by atoms with van der Waals surface area (Å²) in [5, 5.41) is 11.3. The van der Waals surface area contributed by atoms with Gasteiger partial charge in [-0.1, -0.05) is 0 Å². The van der Waals surface area contributed by atoms with E-state index in [1.54, 1.807) is 0 Å². The van der Waals surface area contributed by atoms with Gasteiger partial charge >= 0.3 is 5.97 Å². The maximum Gasteiger partial charge on any atom is 0.335 e. The molecule has 3 N–H and O–H groups in total. The number of hydrogen-bond acceptors (Lipinski definition) is 4. The Balaban J connectivity index is 2.38. The number of anilines is 1. The third kappa shape index (κ3) is 3.06. The first-order valence-corrected chi connectivity index (χ1v) is 7.29. The van der Waals surface area contributed by atoms with E-state index in [9.17, 15) is 18.0 Å². The average molecular weight is 297 g/mol. The molecule has 1 aromatic heterocycles. The molecule has 0 unspecified atom stereocenters. The first-order chi connectivity index (χ1) is 9.26. The van der Waals surface area contributed by atoms with Gasteiger partial charge in [0.05, 0.1) is 17.5 Å². The molecule has 1 aromatic carbocycles. The zero-order valence-corrected chi connectivity index (χ0v) is 11.1. The van der Waals surface area contributed by atoms with Crippen molar-refractivity contribution in [2.75, 3.05) is 11.0 Å². The molecule has 2 rings (SSSR count). The van der Waals surface area contributed by atoms with Crippen LogP contribution in [0.2, 0.25) is 0 Å². The molecule has 0 aliphatic heterocycles. The van der Waals surface area contributed by atoms with E-state index in [2.05, 4.69) is 9.82 Å². The number of benzene rings is 1. The van der Waals surface area contributed by atoms with E-state index in [0.717, 1.165) is 17.0 Å². The Kier molecular flexibility index (Phi) is 3.36. The van der Waals surface area contributed by atoms with Gasteiger partial charge in [-0.2, -0.15) is 0 Å². The summed E-state index contributed by atoms with van der Waals surface area (Å²) >= 11 is 0. The predicted octanol–water partition coefficient (Wildman–Crippen LogP) is 0.235. The lowest BCUT2D eigenvalue weighted by Crippen LogP contribution is -2.13. The van der Waals surface area contributed by atoms with E-state index >= 15 is 0 Å². The topological polar surface area (TPSA) is 121 Å². The number of carbonyl (C=O) groups is 1. The molecule has 0 saturated heterocycles. The van der Waals surface area contributed by atoms with E-state index in [1.165, 1.54) is 24.3 Å². The zero-order chi connectivity index (χ0) is 14.9.